The van der Waals surface area contributed by atoms with E-state index in [1.54, 1.807) is 23.2 Å². The van der Waals surface area contributed by atoms with Gasteiger partial charge in [-0.3, -0.25) is 4.79 Å². The molecule has 0 aromatic heterocycles. The SMILES string of the molecule is C#CCOc1ccc(/C=N\N=C2/C(=O)N(CC)c3ccccc32)cc1OCC. The van der Waals surface area contributed by atoms with Crippen molar-refractivity contribution in [1.29, 1.82) is 0 Å². The molecule has 1 amide bonds. The highest BCUT2D eigenvalue weighted by Crippen LogP contribution is 2.29. The molecule has 0 fully saturated rings. The van der Waals surface area contributed by atoms with Gasteiger partial charge in [-0.2, -0.15) is 5.10 Å². The van der Waals surface area contributed by atoms with E-state index in [0.29, 0.717) is 30.4 Å². The second-order valence-corrected chi connectivity index (χ2v) is 5.89. The third-order valence-electron chi connectivity index (χ3n) is 4.16. The zero-order chi connectivity index (χ0) is 19.9. The maximum Gasteiger partial charge on any atom is 0.279 e. The van der Waals surface area contributed by atoms with Crippen LogP contribution in [0.4, 0.5) is 5.69 Å². The van der Waals surface area contributed by atoms with Gasteiger partial charge in [0.25, 0.3) is 5.91 Å². The lowest BCUT2D eigenvalue weighted by atomic mass is 10.1. The maximum absolute atomic E-state index is 12.6. The third kappa shape index (κ3) is 3.89. The minimum atomic E-state index is -0.145. The van der Waals surface area contributed by atoms with Crippen molar-refractivity contribution in [3.63, 3.8) is 0 Å². The zero-order valence-electron chi connectivity index (χ0n) is 15.9. The Balaban J connectivity index is 1.85. The molecule has 6 heteroatoms. The highest BCUT2D eigenvalue weighted by atomic mass is 16.5. The largest absolute Gasteiger partial charge is 0.490 e. The smallest absolute Gasteiger partial charge is 0.279 e. The molecule has 0 saturated heterocycles. The van der Waals surface area contributed by atoms with Crippen LogP contribution in [0, 0.1) is 12.3 Å². The van der Waals surface area contributed by atoms with Crippen LogP contribution in [0.2, 0.25) is 0 Å². The summed E-state index contributed by atoms with van der Waals surface area (Å²) in [5, 5.41) is 8.30. The fourth-order valence-electron chi connectivity index (χ4n) is 2.94. The molecule has 2 aromatic carbocycles. The van der Waals surface area contributed by atoms with Crippen LogP contribution in [-0.2, 0) is 4.79 Å². The van der Waals surface area contributed by atoms with E-state index in [-0.39, 0.29) is 12.5 Å². The van der Waals surface area contributed by atoms with Gasteiger partial charge in [-0.1, -0.05) is 24.1 Å². The predicted octanol–water partition coefficient (Wildman–Crippen LogP) is 3.29. The monoisotopic (exact) mass is 375 g/mol. The van der Waals surface area contributed by atoms with Crippen LogP contribution in [-0.4, -0.2) is 37.6 Å². The Kier molecular flexibility index (Phi) is 6.07. The molecule has 28 heavy (non-hydrogen) atoms. The number of carbonyl (C=O) groups is 1. The van der Waals surface area contributed by atoms with Crippen LogP contribution < -0.4 is 14.4 Å². The summed E-state index contributed by atoms with van der Waals surface area (Å²) in [5.41, 5.74) is 2.76. The van der Waals surface area contributed by atoms with Crippen LogP contribution in [0.5, 0.6) is 11.5 Å². The Labute approximate surface area is 164 Å². The van der Waals surface area contributed by atoms with Crippen molar-refractivity contribution in [2.75, 3.05) is 24.7 Å². The molecule has 0 bridgehead atoms. The fraction of sp³-hybridized carbons (Fsp3) is 0.227. The first kappa shape index (κ1) is 19.2. The highest BCUT2D eigenvalue weighted by molar-refractivity contribution is 6.54. The lowest BCUT2D eigenvalue weighted by Gasteiger charge is -2.12. The van der Waals surface area contributed by atoms with Gasteiger partial charge in [-0.05, 0) is 43.7 Å². The van der Waals surface area contributed by atoms with Gasteiger partial charge in [0.05, 0.1) is 18.5 Å². The van der Waals surface area contributed by atoms with Crippen molar-refractivity contribution in [2.24, 2.45) is 10.2 Å². The van der Waals surface area contributed by atoms with E-state index in [4.69, 9.17) is 15.9 Å². The first-order chi connectivity index (χ1) is 13.7. The fourth-order valence-corrected chi connectivity index (χ4v) is 2.94. The van der Waals surface area contributed by atoms with Crippen LogP contribution in [0.3, 0.4) is 0 Å². The number of para-hydroxylation sites is 1. The van der Waals surface area contributed by atoms with Crippen molar-refractivity contribution in [1.82, 2.24) is 0 Å². The molecule has 0 spiro atoms. The molecule has 2 aromatic rings. The molecular formula is C22H21N3O3. The molecule has 0 radical (unpaired) electrons. The van der Waals surface area contributed by atoms with Crippen molar-refractivity contribution in [3.05, 3.63) is 53.6 Å². The van der Waals surface area contributed by atoms with E-state index in [0.717, 1.165) is 16.8 Å². The van der Waals surface area contributed by atoms with Crippen LogP contribution in [0.25, 0.3) is 0 Å². The molecule has 0 saturated carbocycles. The Morgan fingerprint density at radius 2 is 1.96 bits per heavy atom. The summed E-state index contributed by atoms with van der Waals surface area (Å²) in [4.78, 5) is 14.3. The Morgan fingerprint density at radius 3 is 2.71 bits per heavy atom. The number of nitrogens with zero attached hydrogens (tertiary/aromatic N) is 3. The molecular weight excluding hydrogens is 354 g/mol. The van der Waals surface area contributed by atoms with E-state index >= 15 is 0 Å². The van der Waals surface area contributed by atoms with Gasteiger partial charge in [-0.15, -0.1) is 11.5 Å². The van der Waals surface area contributed by atoms with E-state index in [1.807, 2.05) is 44.2 Å². The van der Waals surface area contributed by atoms with E-state index < -0.39 is 0 Å². The normalized spacial score (nSPS) is 14.4. The molecule has 142 valence electrons. The Morgan fingerprint density at radius 1 is 1.14 bits per heavy atom. The summed E-state index contributed by atoms with van der Waals surface area (Å²) in [6.45, 7) is 5.06. The zero-order valence-corrected chi connectivity index (χ0v) is 15.9. The van der Waals surface area contributed by atoms with Crippen molar-refractivity contribution in [3.8, 4) is 23.8 Å². The van der Waals surface area contributed by atoms with E-state index in [2.05, 4.69) is 16.1 Å². The minimum absolute atomic E-state index is 0.145. The average molecular weight is 375 g/mol. The molecule has 0 N–H and O–H groups in total. The third-order valence-corrected chi connectivity index (χ3v) is 4.16. The summed E-state index contributed by atoms with van der Waals surface area (Å²) in [5.74, 6) is 3.43. The minimum Gasteiger partial charge on any atom is -0.490 e. The number of hydrogen-bond donors (Lipinski definition) is 0. The first-order valence-electron chi connectivity index (χ1n) is 9.05. The number of anilines is 1. The van der Waals surface area contributed by atoms with Crippen LogP contribution in [0.1, 0.15) is 25.0 Å². The van der Waals surface area contributed by atoms with Crippen molar-refractivity contribution < 1.29 is 14.3 Å². The summed E-state index contributed by atoms with van der Waals surface area (Å²) in [6.07, 6.45) is 6.81. The highest BCUT2D eigenvalue weighted by Gasteiger charge is 2.32. The number of ether oxygens (including phenoxy) is 2. The number of amides is 1. The molecule has 1 aliphatic heterocycles. The van der Waals surface area contributed by atoms with Gasteiger partial charge in [0, 0.05) is 12.1 Å². The summed E-state index contributed by atoms with van der Waals surface area (Å²) in [6, 6.07) is 13.0. The van der Waals surface area contributed by atoms with Gasteiger partial charge < -0.3 is 14.4 Å². The molecule has 0 atom stereocenters. The maximum atomic E-state index is 12.6. The molecule has 1 aliphatic rings. The predicted molar refractivity (Wildman–Crippen MR) is 111 cm³/mol. The first-order valence-corrected chi connectivity index (χ1v) is 9.05. The van der Waals surface area contributed by atoms with Gasteiger partial charge in [-0.25, -0.2) is 0 Å². The standard InChI is InChI=1S/C22H21N3O3/c1-4-13-28-19-12-11-16(14-20(19)27-6-3)15-23-24-21-17-9-7-8-10-18(17)25(5-2)22(21)26/h1,7-12,14-15H,5-6,13H2,2-3H3/b23-15-,24-21-. The quantitative estimate of drug-likeness (QED) is 0.424. The van der Waals surface area contributed by atoms with Crippen molar-refractivity contribution in [2.45, 2.75) is 13.8 Å². The summed E-state index contributed by atoms with van der Waals surface area (Å²) in [7, 11) is 0. The summed E-state index contributed by atoms with van der Waals surface area (Å²) >= 11 is 0. The van der Waals surface area contributed by atoms with Gasteiger partial charge in [0.15, 0.2) is 17.2 Å². The number of fused-ring (bicyclic) bond motifs is 1. The van der Waals surface area contributed by atoms with Gasteiger partial charge >= 0.3 is 0 Å². The molecule has 3 rings (SSSR count). The molecule has 0 unspecified atom stereocenters. The van der Waals surface area contributed by atoms with Crippen molar-refractivity contribution >= 4 is 23.5 Å². The lowest BCUT2D eigenvalue weighted by molar-refractivity contribution is -0.112. The lowest BCUT2D eigenvalue weighted by Crippen LogP contribution is -2.29. The molecule has 6 nitrogen and oxygen atoms in total. The average Bonchev–Trinajstić information content (AvgIpc) is 2.98. The van der Waals surface area contributed by atoms with Crippen LogP contribution >= 0.6 is 0 Å². The number of likely N-dealkylation sites (N-methyl/N-ethyl adjacent to an activating group) is 1. The number of carbonyl (C=O) groups excluding carboxylic acids is 1. The number of hydrogen-bond acceptors (Lipinski definition) is 5. The molecule has 0 aliphatic carbocycles. The number of terminal acetylenes is 1. The van der Waals surface area contributed by atoms with E-state index in [1.165, 1.54) is 0 Å². The second-order valence-electron chi connectivity index (χ2n) is 5.89. The summed E-state index contributed by atoms with van der Waals surface area (Å²) < 4.78 is 11.1. The Bertz CT molecular complexity index is 973. The topological polar surface area (TPSA) is 63.5 Å². The Hall–Kier alpha value is -3.59. The number of rotatable bonds is 7. The van der Waals surface area contributed by atoms with E-state index in [9.17, 15) is 4.79 Å². The number of benzene rings is 2. The second kappa shape index (κ2) is 8.87. The van der Waals surface area contributed by atoms with Gasteiger partial charge in [0.2, 0.25) is 0 Å². The van der Waals surface area contributed by atoms with Gasteiger partial charge in [0.1, 0.15) is 6.61 Å². The molecule has 1 heterocycles. The van der Waals surface area contributed by atoms with Crippen LogP contribution in [0.15, 0.2) is 52.7 Å².